The summed E-state index contributed by atoms with van der Waals surface area (Å²) in [5, 5.41) is 0. The van der Waals surface area contributed by atoms with Crippen LogP contribution < -0.4 is 0 Å². The van der Waals surface area contributed by atoms with Gasteiger partial charge >= 0.3 is 7.82 Å². The Morgan fingerprint density at radius 3 is 1.18 bits per heavy atom. The molecule has 0 heterocycles. The van der Waals surface area contributed by atoms with E-state index in [9.17, 15) is 14.4 Å². The Balaban J connectivity index is 5.53. The van der Waals surface area contributed by atoms with E-state index < -0.39 is 7.82 Å². The Hall–Kier alpha value is -0.310. The fourth-order valence-corrected chi connectivity index (χ4v) is 6.20. The largest absolute Gasteiger partial charge is 0.524 e. The highest BCUT2D eigenvalue weighted by Gasteiger charge is 2.25. The SMILES string of the molecule is CCCCCCCCC(C=C(OP(=O)(O)O)C(CCCCCCC)CCCCCCCC)CCCCCCC. The normalized spacial score (nSPS) is 14.1. The first kappa shape index (κ1) is 38.7. The molecule has 0 saturated heterocycles. The van der Waals surface area contributed by atoms with E-state index in [-0.39, 0.29) is 5.92 Å². The minimum absolute atomic E-state index is 0.123. The molecule has 0 aliphatic carbocycles. The predicted molar refractivity (Wildman–Crippen MR) is 171 cm³/mol. The van der Waals surface area contributed by atoms with Crippen molar-refractivity contribution in [3.8, 4) is 0 Å². The maximum atomic E-state index is 12.1. The van der Waals surface area contributed by atoms with Crippen LogP contribution in [0.3, 0.4) is 0 Å². The van der Waals surface area contributed by atoms with Crippen LogP contribution in [0.4, 0.5) is 0 Å². The molecule has 4 nitrogen and oxygen atoms in total. The van der Waals surface area contributed by atoms with Crippen LogP contribution >= 0.6 is 7.82 Å². The topological polar surface area (TPSA) is 66.8 Å². The van der Waals surface area contributed by atoms with E-state index in [1.807, 2.05) is 0 Å². The highest BCUT2D eigenvalue weighted by Crippen LogP contribution is 2.43. The van der Waals surface area contributed by atoms with E-state index >= 15 is 0 Å². The molecule has 0 radical (unpaired) electrons. The summed E-state index contributed by atoms with van der Waals surface area (Å²) in [5.41, 5.74) is 0. The molecule has 0 aliphatic heterocycles. The molecule has 0 bridgehead atoms. The number of rotatable bonds is 30. The monoisotopic (exact) mass is 572 g/mol. The number of phosphoric acid groups is 1. The zero-order valence-corrected chi connectivity index (χ0v) is 27.7. The zero-order valence-electron chi connectivity index (χ0n) is 26.8. The van der Waals surface area contributed by atoms with Crippen LogP contribution in [-0.4, -0.2) is 9.79 Å². The van der Waals surface area contributed by atoms with Crippen LogP contribution in [0.1, 0.15) is 195 Å². The molecular formula is C34H69O4P. The van der Waals surface area contributed by atoms with Gasteiger partial charge in [0.2, 0.25) is 0 Å². The fourth-order valence-electron chi connectivity index (χ4n) is 5.71. The van der Waals surface area contributed by atoms with Crippen LogP contribution in [0, 0.1) is 11.8 Å². The van der Waals surface area contributed by atoms with Crippen molar-refractivity contribution in [3.63, 3.8) is 0 Å². The molecule has 2 unspecified atom stereocenters. The third kappa shape index (κ3) is 26.3. The lowest BCUT2D eigenvalue weighted by Crippen LogP contribution is -2.11. The van der Waals surface area contributed by atoms with E-state index in [1.165, 1.54) is 128 Å². The number of hydrogen-bond donors (Lipinski definition) is 2. The highest BCUT2D eigenvalue weighted by molar-refractivity contribution is 7.46. The summed E-state index contributed by atoms with van der Waals surface area (Å²) in [6.45, 7) is 8.99. The zero-order chi connectivity index (χ0) is 29.0. The van der Waals surface area contributed by atoms with E-state index in [2.05, 4.69) is 33.8 Å². The molecule has 2 N–H and O–H groups in total. The van der Waals surface area contributed by atoms with Crippen molar-refractivity contribution in [3.05, 3.63) is 11.8 Å². The Morgan fingerprint density at radius 2 is 0.846 bits per heavy atom. The summed E-state index contributed by atoms with van der Waals surface area (Å²) in [6.07, 6.45) is 33.7. The standard InChI is InChI=1S/C34H69O4P/c1-5-9-13-17-21-24-28-32(27-23-19-15-11-7-3)31-34(38-39(35,36)37)33(29-25-20-16-12-8-4)30-26-22-18-14-10-6-2/h31-33H,5-30H2,1-4H3,(H2,35,36,37). The maximum Gasteiger partial charge on any atom is 0.524 e. The van der Waals surface area contributed by atoms with Crippen molar-refractivity contribution >= 4 is 7.82 Å². The van der Waals surface area contributed by atoms with Crippen molar-refractivity contribution in [1.82, 2.24) is 0 Å². The van der Waals surface area contributed by atoms with Gasteiger partial charge in [-0.15, -0.1) is 0 Å². The lowest BCUT2D eigenvalue weighted by Gasteiger charge is -2.24. The molecule has 0 fully saturated rings. The van der Waals surface area contributed by atoms with Gasteiger partial charge in [-0.2, -0.15) is 0 Å². The van der Waals surface area contributed by atoms with Gasteiger partial charge in [-0.3, -0.25) is 9.79 Å². The van der Waals surface area contributed by atoms with Crippen LogP contribution in [0.25, 0.3) is 0 Å². The number of phosphoric ester groups is 1. The van der Waals surface area contributed by atoms with Crippen molar-refractivity contribution in [2.75, 3.05) is 0 Å². The smallest absolute Gasteiger partial charge is 0.409 e. The lowest BCUT2D eigenvalue weighted by molar-refractivity contribution is 0.209. The third-order valence-corrected chi connectivity index (χ3v) is 8.64. The van der Waals surface area contributed by atoms with Gasteiger partial charge in [-0.1, -0.05) is 169 Å². The molecule has 0 spiro atoms. The Labute approximate surface area is 244 Å². The van der Waals surface area contributed by atoms with Gasteiger partial charge in [0.05, 0.1) is 0 Å². The van der Waals surface area contributed by atoms with Crippen molar-refractivity contribution in [2.24, 2.45) is 11.8 Å². The van der Waals surface area contributed by atoms with Crippen molar-refractivity contribution in [2.45, 2.75) is 195 Å². The second-order valence-electron chi connectivity index (χ2n) is 12.1. The first-order valence-electron chi connectivity index (χ1n) is 17.3. The molecule has 5 heteroatoms. The summed E-state index contributed by atoms with van der Waals surface area (Å²) in [5.74, 6) is 1.08. The Bertz CT molecular complexity index is 586. The van der Waals surface area contributed by atoms with E-state index in [0.717, 1.165) is 38.5 Å². The maximum absolute atomic E-state index is 12.1. The first-order valence-corrected chi connectivity index (χ1v) is 18.9. The predicted octanol–water partition coefficient (Wildman–Crippen LogP) is 12.4. The van der Waals surface area contributed by atoms with Gasteiger partial charge in [0.1, 0.15) is 5.76 Å². The Morgan fingerprint density at radius 1 is 0.538 bits per heavy atom. The van der Waals surface area contributed by atoms with Crippen molar-refractivity contribution in [1.29, 1.82) is 0 Å². The number of unbranched alkanes of at least 4 members (excludes halogenated alkanes) is 18. The molecule has 0 saturated carbocycles. The molecule has 0 aromatic carbocycles. The molecule has 234 valence electrons. The third-order valence-electron chi connectivity index (χ3n) is 8.20. The van der Waals surface area contributed by atoms with Crippen LogP contribution in [0.15, 0.2) is 11.8 Å². The second kappa shape index (κ2) is 27.8. The van der Waals surface area contributed by atoms with Crippen molar-refractivity contribution < 1.29 is 18.9 Å². The van der Waals surface area contributed by atoms with Gasteiger partial charge in [0.15, 0.2) is 0 Å². The molecule has 0 aromatic heterocycles. The quantitative estimate of drug-likeness (QED) is 0.0510. The fraction of sp³-hybridized carbons (Fsp3) is 0.941. The number of allylic oxidation sites excluding steroid dienone is 2. The summed E-state index contributed by atoms with van der Waals surface area (Å²) in [6, 6.07) is 0. The minimum atomic E-state index is -4.59. The molecule has 2 atom stereocenters. The molecule has 0 aromatic rings. The van der Waals surface area contributed by atoms with E-state index in [1.54, 1.807) is 0 Å². The summed E-state index contributed by atoms with van der Waals surface area (Å²) in [7, 11) is -4.59. The average molecular weight is 573 g/mol. The van der Waals surface area contributed by atoms with Crippen LogP contribution in [0.2, 0.25) is 0 Å². The molecule has 0 rings (SSSR count). The number of hydrogen-bond acceptors (Lipinski definition) is 2. The van der Waals surface area contributed by atoms with Gasteiger partial charge in [0.25, 0.3) is 0 Å². The van der Waals surface area contributed by atoms with Gasteiger partial charge in [0, 0.05) is 5.92 Å². The average Bonchev–Trinajstić information content (AvgIpc) is 2.89. The molecule has 0 amide bonds. The Kier molecular flexibility index (Phi) is 27.6. The minimum Gasteiger partial charge on any atom is -0.409 e. The van der Waals surface area contributed by atoms with Crippen LogP contribution in [-0.2, 0) is 9.09 Å². The van der Waals surface area contributed by atoms with Crippen LogP contribution in [0.5, 0.6) is 0 Å². The van der Waals surface area contributed by atoms with E-state index in [0.29, 0.717) is 11.7 Å². The lowest BCUT2D eigenvalue weighted by atomic mass is 9.88. The summed E-state index contributed by atoms with van der Waals surface area (Å²) in [4.78, 5) is 19.8. The second-order valence-corrected chi connectivity index (χ2v) is 13.3. The first-order chi connectivity index (χ1) is 18.9. The molecule has 0 aliphatic rings. The van der Waals surface area contributed by atoms with Gasteiger partial charge in [-0.05, 0) is 37.7 Å². The van der Waals surface area contributed by atoms with Gasteiger partial charge < -0.3 is 4.52 Å². The summed E-state index contributed by atoms with van der Waals surface area (Å²) >= 11 is 0. The highest BCUT2D eigenvalue weighted by atomic mass is 31.2. The molecule has 39 heavy (non-hydrogen) atoms. The van der Waals surface area contributed by atoms with E-state index in [4.69, 9.17) is 4.52 Å². The summed E-state index contributed by atoms with van der Waals surface area (Å²) < 4.78 is 17.7. The molecular weight excluding hydrogens is 503 g/mol. The van der Waals surface area contributed by atoms with Gasteiger partial charge in [-0.25, -0.2) is 4.57 Å².